The number of hydrogen-bond donors (Lipinski definition) is 2. The molecule has 0 saturated heterocycles. The number of nitrogens with one attached hydrogen (secondary N) is 1. The molecule has 5 aromatic rings. The van der Waals surface area contributed by atoms with Gasteiger partial charge in [-0.3, -0.25) is 4.98 Å². The summed E-state index contributed by atoms with van der Waals surface area (Å²) in [5, 5.41) is 0.742. The standard InChI is InChI=1S/C25H18F2N4O/c26-18-5-1-15(2-6-18)14-32-20-13-21(28)30-25-23(20)22(16-9-11-29-12-10-16)24(31-25)17-3-7-19(27)8-4-17/h1-13H,14H2,(H3,28,30,31). The van der Waals surface area contributed by atoms with E-state index >= 15 is 0 Å². The molecule has 0 bridgehead atoms. The van der Waals surface area contributed by atoms with Gasteiger partial charge in [0.05, 0.1) is 11.1 Å². The minimum absolute atomic E-state index is 0.228. The minimum Gasteiger partial charge on any atom is -0.488 e. The van der Waals surface area contributed by atoms with Gasteiger partial charge >= 0.3 is 0 Å². The summed E-state index contributed by atoms with van der Waals surface area (Å²) >= 11 is 0. The van der Waals surface area contributed by atoms with Crippen LogP contribution in [0.3, 0.4) is 0 Å². The molecule has 0 aliphatic heterocycles. The lowest BCUT2D eigenvalue weighted by molar-refractivity contribution is 0.310. The van der Waals surface area contributed by atoms with Crippen molar-refractivity contribution in [2.75, 3.05) is 5.73 Å². The van der Waals surface area contributed by atoms with Crippen LogP contribution in [0.4, 0.5) is 14.6 Å². The second-order valence-corrected chi connectivity index (χ2v) is 7.30. The highest BCUT2D eigenvalue weighted by atomic mass is 19.1. The molecule has 0 spiro atoms. The minimum atomic E-state index is -0.319. The molecule has 0 fully saturated rings. The van der Waals surface area contributed by atoms with E-state index in [1.54, 1.807) is 42.7 Å². The molecule has 158 valence electrons. The van der Waals surface area contributed by atoms with Crippen LogP contribution < -0.4 is 10.5 Å². The number of aromatic nitrogens is 3. The van der Waals surface area contributed by atoms with Crippen molar-refractivity contribution < 1.29 is 13.5 Å². The number of fused-ring (bicyclic) bond motifs is 1. The Morgan fingerprint density at radius 3 is 2.19 bits per heavy atom. The monoisotopic (exact) mass is 428 g/mol. The van der Waals surface area contributed by atoms with Crippen molar-refractivity contribution >= 4 is 16.9 Å². The highest BCUT2D eigenvalue weighted by Gasteiger charge is 2.20. The predicted molar refractivity (Wildman–Crippen MR) is 120 cm³/mol. The van der Waals surface area contributed by atoms with Gasteiger partial charge in [0.2, 0.25) is 0 Å². The summed E-state index contributed by atoms with van der Waals surface area (Å²) in [4.78, 5) is 11.9. The SMILES string of the molecule is Nc1cc(OCc2ccc(F)cc2)c2c(-c3ccncc3)c(-c3ccc(F)cc3)[nH]c2n1. The van der Waals surface area contributed by atoms with Crippen molar-refractivity contribution in [3.8, 4) is 28.1 Å². The molecule has 0 aliphatic carbocycles. The fourth-order valence-electron chi connectivity index (χ4n) is 3.67. The summed E-state index contributed by atoms with van der Waals surface area (Å²) in [5.41, 5.74) is 10.7. The number of nitrogens with two attached hydrogens (primary N) is 1. The smallest absolute Gasteiger partial charge is 0.144 e. The first-order valence-electron chi connectivity index (χ1n) is 9.94. The number of pyridine rings is 2. The van der Waals surface area contributed by atoms with Crippen molar-refractivity contribution in [3.05, 3.63) is 96.3 Å². The van der Waals surface area contributed by atoms with E-state index in [0.29, 0.717) is 17.2 Å². The average molecular weight is 428 g/mol. The van der Waals surface area contributed by atoms with Crippen molar-refractivity contribution in [2.45, 2.75) is 6.61 Å². The molecule has 0 amide bonds. The third kappa shape index (κ3) is 3.76. The molecular formula is C25H18F2N4O. The van der Waals surface area contributed by atoms with Crippen LogP contribution in [0.5, 0.6) is 5.75 Å². The van der Waals surface area contributed by atoms with Crippen molar-refractivity contribution in [1.29, 1.82) is 0 Å². The van der Waals surface area contributed by atoms with E-state index in [0.717, 1.165) is 33.3 Å². The number of anilines is 1. The van der Waals surface area contributed by atoms with Gasteiger partial charge in [-0.25, -0.2) is 13.8 Å². The first-order chi connectivity index (χ1) is 15.6. The van der Waals surface area contributed by atoms with Gasteiger partial charge in [0, 0.05) is 24.0 Å². The molecule has 3 N–H and O–H groups in total. The number of rotatable bonds is 5. The molecule has 0 aliphatic rings. The Hall–Kier alpha value is -4.26. The molecule has 0 radical (unpaired) electrons. The fourth-order valence-corrected chi connectivity index (χ4v) is 3.67. The molecular weight excluding hydrogens is 410 g/mol. The molecule has 32 heavy (non-hydrogen) atoms. The summed E-state index contributed by atoms with van der Waals surface area (Å²) in [6.07, 6.45) is 3.40. The van der Waals surface area contributed by atoms with Crippen molar-refractivity contribution in [3.63, 3.8) is 0 Å². The van der Waals surface area contributed by atoms with Crippen LogP contribution in [0, 0.1) is 11.6 Å². The molecule has 5 nitrogen and oxygen atoms in total. The van der Waals surface area contributed by atoms with Crippen LogP contribution in [0.2, 0.25) is 0 Å². The Morgan fingerprint density at radius 2 is 1.50 bits per heavy atom. The number of halogens is 2. The Bertz CT molecular complexity index is 1380. The van der Waals surface area contributed by atoms with Crippen LogP contribution in [0.15, 0.2) is 79.1 Å². The molecule has 2 aromatic carbocycles. The lowest BCUT2D eigenvalue weighted by atomic mass is 9.99. The summed E-state index contributed by atoms with van der Waals surface area (Å²) in [7, 11) is 0. The summed E-state index contributed by atoms with van der Waals surface area (Å²) in [6, 6.07) is 17.8. The zero-order chi connectivity index (χ0) is 22.1. The van der Waals surface area contributed by atoms with Gasteiger partial charge in [-0.05, 0) is 65.2 Å². The summed E-state index contributed by atoms with van der Waals surface area (Å²) in [5.74, 6) is 0.202. The van der Waals surface area contributed by atoms with E-state index in [2.05, 4.69) is 15.0 Å². The van der Waals surface area contributed by atoms with E-state index in [4.69, 9.17) is 10.5 Å². The number of benzene rings is 2. The highest BCUT2D eigenvalue weighted by Crippen LogP contribution is 2.42. The zero-order valence-electron chi connectivity index (χ0n) is 16.8. The maximum Gasteiger partial charge on any atom is 0.144 e. The predicted octanol–water partition coefficient (Wildman–Crippen LogP) is 5.73. The van der Waals surface area contributed by atoms with Crippen molar-refractivity contribution in [2.24, 2.45) is 0 Å². The van der Waals surface area contributed by atoms with Gasteiger partial charge in [-0.2, -0.15) is 0 Å². The number of nitrogen functional groups attached to an aromatic ring is 1. The van der Waals surface area contributed by atoms with E-state index in [-0.39, 0.29) is 18.2 Å². The average Bonchev–Trinajstić information content (AvgIpc) is 3.19. The maximum absolute atomic E-state index is 13.5. The lowest BCUT2D eigenvalue weighted by Gasteiger charge is -2.11. The van der Waals surface area contributed by atoms with Crippen molar-refractivity contribution in [1.82, 2.24) is 15.0 Å². The van der Waals surface area contributed by atoms with Gasteiger partial charge in [0.25, 0.3) is 0 Å². The van der Waals surface area contributed by atoms with Crippen LogP contribution in [-0.4, -0.2) is 15.0 Å². The second-order valence-electron chi connectivity index (χ2n) is 7.30. The first kappa shape index (κ1) is 19.7. The van der Waals surface area contributed by atoms with Gasteiger partial charge in [-0.1, -0.05) is 12.1 Å². The molecule has 3 heterocycles. The number of ether oxygens (including phenoxy) is 1. The van der Waals surface area contributed by atoms with E-state index in [1.807, 2.05) is 12.1 Å². The topological polar surface area (TPSA) is 76.8 Å². The van der Waals surface area contributed by atoms with Crippen LogP contribution in [0.1, 0.15) is 5.56 Å². The van der Waals surface area contributed by atoms with E-state index in [9.17, 15) is 8.78 Å². The first-order valence-corrected chi connectivity index (χ1v) is 9.94. The third-order valence-corrected chi connectivity index (χ3v) is 5.16. The van der Waals surface area contributed by atoms with Gasteiger partial charge < -0.3 is 15.5 Å². The molecule has 7 heteroatoms. The molecule has 5 rings (SSSR count). The number of H-pyrrole nitrogens is 1. The second kappa shape index (κ2) is 8.11. The van der Waals surface area contributed by atoms with Gasteiger partial charge in [0.15, 0.2) is 0 Å². The maximum atomic E-state index is 13.5. The Morgan fingerprint density at radius 1 is 0.844 bits per heavy atom. The summed E-state index contributed by atoms with van der Waals surface area (Å²) < 4.78 is 32.9. The highest BCUT2D eigenvalue weighted by molar-refractivity contribution is 6.06. The molecule has 0 saturated carbocycles. The number of aromatic amines is 1. The summed E-state index contributed by atoms with van der Waals surface area (Å²) in [6.45, 7) is 0.228. The Labute approximate surface area is 182 Å². The zero-order valence-corrected chi connectivity index (χ0v) is 16.8. The normalized spacial score (nSPS) is 11.1. The largest absolute Gasteiger partial charge is 0.488 e. The molecule has 0 atom stereocenters. The fraction of sp³-hybridized carbons (Fsp3) is 0.0400. The quantitative estimate of drug-likeness (QED) is 0.375. The van der Waals surface area contributed by atoms with E-state index in [1.165, 1.54) is 24.3 Å². The number of nitrogens with zero attached hydrogens (tertiary/aromatic N) is 2. The molecule has 0 unspecified atom stereocenters. The Balaban J connectivity index is 1.69. The molecule has 3 aromatic heterocycles. The van der Waals surface area contributed by atoms with Crippen LogP contribution >= 0.6 is 0 Å². The van der Waals surface area contributed by atoms with Crippen LogP contribution in [0.25, 0.3) is 33.4 Å². The number of hydrogen-bond acceptors (Lipinski definition) is 4. The van der Waals surface area contributed by atoms with Gasteiger partial charge in [0.1, 0.15) is 35.5 Å². The third-order valence-electron chi connectivity index (χ3n) is 5.16. The Kier molecular flexibility index (Phi) is 4.99. The van der Waals surface area contributed by atoms with Crippen LogP contribution in [-0.2, 0) is 6.61 Å². The van der Waals surface area contributed by atoms with E-state index < -0.39 is 0 Å². The van der Waals surface area contributed by atoms with Gasteiger partial charge in [-0.15, -0.1) is 0 Å². The lowest BCUT2D eigenvalue weighted by Crippen LogP contribution is -1.99.